The summed E-state index contributed by atoms with van der Waals surface area (Å²) in [6.07, 6.45) is 4.86. The number of aromatic nitrogens is 2. The van der Waals surface area contributed by atoms with E-state index in [1.165, 1.54) is 4.88 Å². The van der Waals surface area contributed by atoms with Gasteiger partial charge < -0.3 is 15.1 Å². The number of hydrogen-bond acceptors (Lipinski definition) is 5. The lowest BCUT2D eigenvalue weighted by Gasteiger charge is -2.37. The van der Waals surface area contributed by atoms with Crippen molar-refractivity contribution >= 4 is 47.1 Å². The van der Waals surface area contributed by atoms with Gasteiger partial charge in [-0.25, -0.2) is 9.97 Å². The van der Waals surface area contributed by atoms with E-state index in [9.17, 15) is 0 Å². The number of thiazole rings is 1. The predicted octanol–water partition coefficient (Wildman–Crippen LogP) is 2.62. The van der Waals surface area contributed by atoms with Gasteiger partial charge in [-0.05, 0) is 18.6 Å². The van der Waals surface area contributed by atoms with Crippen molar-refractivity contribution < 1.29 is 0 Å². The van der Waals surface area contributed by atoms with Crippen LogP contribution in [0.1, 0.15) is 16.8 Å². The minimum atomic E-state index is 0. The molecule has 136 valence electrons. The maximum atomic E-state index is 4.46. The molecule has 0 unspecified atom stereocenters. The average molecular weight is 472 g/mol. The Labute approximate surface area is 170 Å². The molecule has 8 heteroatoms. The van der Waals surface area contributed by atoms with Gasteiger partial charge in [-0.2, -0.15) is 0 Å². The van der Waals surface area contributed by atoms with Crippen LogP contribution in [0.15, 0.2) is 35.6 Å². The van der Waals surface area contributed by atoms with Crippen molar-refractivity contribution in [1.82, 2.24) is 20.2 Å². The van der Waals surface area contributed by atoms with E-state index in [1.54, 1.807) is 11.3 Å². The summed E-state index contributed by atoms with van der Waals surface area (Å²) in [6, 6.07) is 6.05. The number of hydrogen-bond donors (Lipinski definition) is 1. The molecule has 0 aromatic carbocycles. The molecule has 0 saturated carbocycles. The van der Waals surface area contributed by atoms with Crippen LogP contribution in [0.4, 0.5) is 5.82 Å². The summed E-state index contributed by atoms with van der Waals surface area (Å²) in [4.78, 5) is 19.3. The molecule has 0 amide bonds. The molecule has 3 heterocycles. The monoisotopic (exact) mass is 472 g/mol. The molecule has 0 aliphatic carbocycles. The predicted molar refractivity (Wildman–Crippen MR) is 115 cm³/mol. The second-order valence-corrected chi connectivity index (χ2v) is 6.84. The van der Waals surface area contributed by atoms with Gasteiger partial charge in [-0.15, -0.1) is 35.3 Å². The summed E-state index contributed by atoms with van der Waals surface area (Å²) in [6.45, 7) is 6.68. The Bertz CT molecular complexity index is 667. The molecule has 25 heavy (non-hydrogen) atoms. The topological polar surface area (TPSA) is 56.7 Å². The number of aliphatic imine (C=N–C) groups is 1. The quantitative estimate of drug-likeness (QED) is 0.421. The summed E-state index contributed by atoms with van der Waals surface area (Å²) < 4.78 is 0. The molecule has 2 aromatic heterocycles. The second-order valence-electron chi connectivity index (χ2n) is 5.64. The van der Waals surface area contributed by atoms with Gasteiger partial charge in [0.25, 0.3) is 0 Å². The first-order valence-corrected chi connectivity index (χ1v) is 9.17. The highest BCUT2D eigenvalue weighted by Gasteiger charge is 2.20. The summed E-state index contributed by atoms with van der Waals surface area (Å²) in [5, 5.41) is 4.55. The van der Waals surface area contributed by atoms with Gasteiger partial charge in [0.05, 0.1) is 6.54 Å². The third-order valence-corrected chi connectivity index (χ3v) is 5.25. The zero-order chi connectivity index (χ0) is 16.8. The molecule has 1 saturated heterocycles. The van der Waals surface area contributed by atoms with Crippen molar-refractivity contribution in [2.75, 3.05) is 38.1 Å². The van der Waals surface area contributed by atoms with Gasteiger partial charge in [0.2, 0.25) is 0 Å². The van der Waals surface area contributed by atoms with Crippen molar-refractivity contribution in [2.45, 2.75) is 19.9 Å². The maximum absolute atomic E-state index is 4.46. The Morgan fingerprint density at radius 3 is 2.64 bits per heavy atom. The second kappa shape index (κ2) is 9.91. The maximum Gasteiger partial charge on any atom is 0.194 e. The molecule has 0 atom stereocenters. The number of piperazine rings is 1. The number of nitrogens with zero attached hydrogens (tertiary/aromatic N) is 5. The van der Waals surface area contributed by atoms with Crippen LogP contribution in [-0.4, -0.2) is 54.1 Å². The summed E-state index contributed by atoms with van der Waals surface area (Å²) >= 11 is 1.77. The van der Waals surface area contributed by atoms with Crippen LogP contribution in [0.25, 0.3) is 0 Å². The van der Waals surface area contributed by atoms with E-state index >= 15 is 0 Å². The van der Waals surface area contributed by atoms with E-state index in [0.717, 1.165) is 55.9 Å². The highest BCUT2D eigenvalue weighted by Crippen LogP contribution is 2.14. The normalized spacial score (nSPS) is 15.0. The van der Waals surface area contributed by atoms with Crippen LogP contribution in [0.3, 0.4) is 0 Å². The van der Waals surface area contributed by atoms with E-state index in [-0.39, 0.29) is 24.0 Å². The minimum Gasteiger partial charge on any atom is -0.353 e. The van der Waals surface area contributed by atoms with Crippen LogP contribution < -0.4 is 10.2 Å². The van der Waals surface area contributed by atoms with Crippen molar-refractivity contribution in [3.05, 3.63) is 40.5 Å². The van der Waals surface area contributed by atoms with Crippen LogP contribution in [-0.2, 0) is 13.0 Å². The van der Waals surface area contributed by atoms with Crippen molar-refractivity contribution in [3.8, 4) is 0 Å². The standard InChI is InChI=1S/C17H24N6S.HI/c1-3-14-12-20-16(24-14)13-21-17(18-2)23-10-8-22(9-11-23)15-6-4-5-7-19-15;/h4-7,12H,3,8-11,13H2,1-2H3,(H,18,21);1H. The Hall–Kier alpha value is -1.42. The first kappa shape index (κ1) is 19.9. The fourth-order valence-corrected chi connectivity index (χ4v) is 3.57. The van der Waals surface area contributed by atoms with Crippen LogP contribution >= 0.6 is 35.3 Å². The van der Waals surface area contributed by atoms with Crippen LogP contribution in [0.2, 0.25) is 0 Å². The summed E-state index contributed by atoms with van der Waals surface area (Å²) in [5.41, 5.74) is 0. The molecule has 0 spiro atoms. The lowest BCUT2D eigenvalue weighted by Crippen LogP contribution is -2.52. The van der Waals surface area contributed by atoms with Crippen LogP contribution in [0, 0.1) is 0 Å². The number of aryl methyl sites for hydroxylation is 1. The van der Waals surface area contributed by atoms with Gasteiger partial charge >= 0.3 is 0 Å². The molecule has 2 aromatic rings. The first-order valence-electron chi connectivity index (χ1n) is 8.35. The number of pyridine rings is 1. The number of guanidine groups is 1. The largest absolute Gasteiger partial charge is 0.353 e. The van der Waals surface area contributed by atoms with Gasteiger partial charge in [-0.1, -0.05) is 13.0 Å². The summed E-state index contributed by atoms with van der Waals surface area (Å²) in [5.74, 6) is 2.00. The smallest absolute Gasteiger partial charge is 0.194 e. The number of halogens is 1. The van der Waals surface area contributed by atoms with E-state index < -0.39 is 0 Å². The Morgan fingerprint density at radius 2 is 2.04 bits per heavy atom. The van der Waals surface area contributed by atoms with Gasteiger partial charge in [0, 0.05) is 50.5 Å². The Balaban J connectivity index is 0.00000225. The van der Waals surface area contributed by atoms with E-state index in [0.29, 0.717) is 0 Å². The van der Waals surface area contributed by atoms with E-state index in [4.69, 9.17) is 0 Å². The third kappa shape index (κ3) is 5.27. The number of anilines is 1. The summed E-state index contributed by atoms with van der Waals surface area (Å²) in [7, 11) is 1.84. The van der Waals surface area contributed by atoms with Crippen molar-refractivity contribution in [2.24, 2.45) is 4.99 Å². The van der Waals surface area contributed by atoms with Gasteiger partial charge in [-0.3, -0.25) is 4.99 Å². The highest BCUT2D eigenvalue weighted by atomic mass is 127. The molecule has 1 fully saturated rings. The number of nitrogens with one attached hydrogen (secondary N) is 1. The lowest BCUT2D eigenvalue weighted by atomic mass is 10.3. The highest BCUT2D eigenvalue weighted by molar-refractivity contribution is 14.0. The first-order chi connectivity index (χ1) is 11.8. The van der Waals surface area contributed by atoms with Gasteiger partial charge in [0.15, 0.2) is 5.96 Å². The van der Waals surface area contributed by atoms with E-state index in [1.807, 2.05) is 31.6 Å². The number of rotatable bonds is 4. The van der Waals surface area contributed by atoms with E-state index in [2.05, 4.69) is 43.1 Å². The molecule has 1 N–H and O–H groups in total. The minimum absolute atomic E-state index is 0. The molecular formula is C17H25IN6S. The molecule has 6 nitrogen and oxygen atoms in total. The van der Waals surface area contributed by atoms with Crippen molar-refractivity contribution in [1.29, 1.82) is 0 Å². The van der Waals surface area contributed by atoms with Crippen molar-refractivity contribution in [3.63, 3.8) is 0 Å². The van der Waals surface area contributed by atoms with Crippen LogP contribution in [0.5, 0.6) is 0 Å². The molecule has 3 rings (SSSR count). The van der Waals surface area contributed by atoms with Gasteiger partial charge in [0.1, 0.15) is 10.8 Å². The molecule has 0 bridgehead atoms. The molecule has 0 radical (unpaired) electrons. The fraction of sp³-hybridized carbons (Fsp3) is 0.471. The molecule has 1 aliphatic heterocycles. The Morgan fingerprint density at radius 1 is 1.24 bits per heavy atom. The zero-order valence-corrected chi connectivity index (χ0v) is 17.8. The average Bonchev–Trinajstić information content (AvgIpc) is 3.12. The Kier molecular flexibility index (Phi) is 7.89. The molecular weight excluding hydrogens is 447 g/mol. The lowest BCUT2D eigenvalue weighted by molar-refractivity contribution is 0.371. The SMILES string of the molecule is CCc1cnc(CNC(=NC)N2CCN(c3ccccn3)CC2)s1.I. The molecule has 1 aliphatic rings. The zero-order valence-electron chi connectivity index (χ0n) is 14.7. The fourth-order valence-electron chi connectivity index (χ4n) is 2.77. The third-order valence-electron chi connectivity index (χ3n) is 4.11.